The SMILES string of the molecule is CCCn1c(C)c(C(=O)OCC)c(-c2cccc(I)c2)c1-c1ccc(Cl)cc1. The third-order valence-corrected chi connectivity index (χ3v) is 5.60. The molecule has 0 saturated carbocycles. The first-order valence-corrected chi connectivity index (χ1v) is 10.9. The van der Waals surface area contributed by atoms with E-state index in [-0.39, 0.29) is 5.97 Å². The van der Waals surface area contributed by atoms with Crippen molar-refractivity contribution in [2.45, 2.75) is 33.7 Å². The molecule has 0 aliphatic heterocycles. The van der Waals surface area contributed by atoms with Gasteiger partial charge >= 0.3 is 5.97 Å². The molecular weight excluding hydrogens is 485 g/mol. The summed E-state index contributed by atoms with van der Waals surface area (Å²) in [6.07, 6.45) is 0.962. The predicted octanol–water partition coefficient (Wildman–Crippen LogP) is 6.98. The summed E-state index contributed by atoms with van der Waals surface area (Å²) in [5, 5.41) is 0.690. The number of rotatable bonds is 6. The first kappa shape index (κ1) is 20.9. The van der Waals surface area contributed by atoms with Gasteiger partial charge in [0.05, 0.1) is 17.9 Å². The van der Waals surface area contributed by atoms with Gasteiger partial charge in [-0.1, -0.05) is 42.8 Å². The standard InChI is InChI=1S/C23H23ClINO2/c1-4-13-26-15(3)20(23(27)28-5-2)21(17-7-6-8-19(25)14-17)22(26)16-9-11-18(24)12-10-16/h6-12,14H,4-5,13H2,1-3H3. The third kappa shape index (κ3) is 4.13. The van der Waals surface area contributed by atoms with E-state index in [1.54, 1.807) is 0 Å². The van der Waals surface area contributed by atoms with Crippen LogP contribution in [0.15, 0.2) is 48.5 Å². The lowest BCUT2D eigenvalue weighted by molar-refractivity contribution is 0.0526. The zero-order chi connectivity index (χ0) is 20.3. The molecule has 5 heteroatoms. The number of aromatic nitrogens is 1. The van der Waals surface area contributed by atoms with Gasteiger partial charge in [-0.3, -0.25) is 0 Å². The van der Waals surface area contributed by atoms with E-state index in [1.807, 2.05) is 50.2 Å². The molecule has 0 bridgehead atoms. The molecule has 0 spiro atoms. The monoisotopic (exact) mass is 507 g/mol. The number of esters is 1. The molecular formula is C23H23ClINO2. The van der Waals surface area contributed by atoms with E-state index in [1.165, 1.54) is 0 Å². The molecule has 0 radical (unpaired) electrons. The first-order valence-electron chi connectivity index (χ1n) is 9.40. The fourth-order valence-corrected chi connectivity index (χ4v) is 4.20. The van der Waals surface area contributed by atoms with Crippen molar-refractivity contribution in [3.8, 4) is 22.4 Å². The van der Waals surface area contributed by atoms with Crippen LogP contribution in [0.1, 0.15) is 36.3 Å². The molecule has 0 amide bonds. The van der Waals surface area contributed by atoms with Gasteiger partial charge in [0.2, 0.25) is 0 Å². The highest BCUT2D eigenvalue weighted by Gasteiger charge is 2.27. The summed E-state index contributed by atoms with van der Waals surface area (Å²) in [5.74, 6) is -0.279. The molecule has 0 saturated heterocycles. The van der Waals surface area contributed by atoms with Crippen molar-refractivity contribution in [1.29, 1.82) is 0 Å². The lowest BCUT2D eigenvalue weighted by Gasteiger charge is -2.13. The van der Waals surface area contributed by atoms with Crippen LogP contribution in [0.25, 0.3) is 22.4 Å². The van der Waals surface area contributed by atoms with Gasteiger partial charge in [-0.2, -0.15) is 0 Å². The van der Waals surface area contributed by atoms with E-state index in [0.29, 0.717) is 17.2 Å². The van der Waals surface area contributed by atoms with Gasteiger partial charge in [0.15, 0.2) is 0 Å². The van der Waals surface area contributed by atoms with Gasteiger partial charge in [-0.25, -0.2) is 4.79 Å². The molecule has 0 N–H and O–H groups in total. The van der Waals surface area contributed by atoms with E-state index in [2.05, 4.69) is 46.2 Å². The largest absolute Gasteiger partial charge is 0.462 e. The van der Waals surface area contributed by atoms with Crippen LogP contribution in [-0.2, 0) is 11.3 Å². The summed E-state index contributed by atoms with van der Waals surface area (Å²) >= 11 is 8.42. The van der Waals surface area contributed by atoms with Crippen LogP contribution in [0.2, 0.25) is 5.02 Å². The first-order chi connectivity index (χ1) is 13.5. The zero-order valence-corrected chi connectivity index (χ0v) is 19.2. The van der Waals surface area contributed by atoms with Crippen molar-refractivity contribution >= 4 is 40.2 Å². The lowest BCUT2D eigenvalue weighted by Crippen LogP contribution is -2.08. The van der Waals surface area contributed by atoms with E-state index < -0.39 is 0 Å². The summed E-state index contributed by atoms with van der Waals surface area (Å²) in [4.78, 5) is 12.9. The van der Waals surface area contributed by atoms with Crippen molar-refractivity contribution in [2.75, 3.05) is 6.61 Å². The molecule has 1 aromatic heterocycles. The van der Waals surface area contributed by atoms with Gasteiger partial charge in [0, 0.05) is 26.4 Å². The second-order valence-electron chi connectivity index (χ2n) is 6.57. The number of ether oxygens (including phenoxy) is 1. The molecule has 146 valence electrons. The Labute approximate surface area is 184 Å². The zero-order valence-electron chi connectivity index (χ0n) is 16.3. The molecule has 1 heterocycles. The number of hydrogen-bond donors (Lipinski definition) is 0. The number of carbonyl (C=O) groups excluding carboxylic acids is 1. The minimum atomic E-state index is -0.279. The van der Waals surface area contributed by atoms with Gasteiger partial charge < -0.3 is 9.30 Å². The number of hydrogen-bond acceptors (Lipinski definition) is 2. The van der Waals surface area contributed by atoms with Crippen LogP contribution >= 0.6 is 34.2 Å². The Morgan fingerprint density at radius 3 is 2.43 bits per heavy atom. The van der Waals surface area contributed by atoms with Crippen LogP contribution in [0.4, 0.5) is 0 Å². The topological polar surface area (TPSA) is 31.2 Å². The molecule has 2 aromatic carbocycles. The Morgan fingerprint density at radius 2 is 1.82 bits per heavy atom. The van der Waals surface area contributed by atoms with Crippen molar-refractivity contribution in [1.82, 2.24) is 4.57 Å². The van der Waals surface area contributed by atoms with Crippen LogP contribution in [0.5, 0.6) is 0 Å². The fraction of sp³-hybridized carbons (Fsp3) is 0.261. The molecule has 0 aliphatic carbocycles. The Kier molecular flexibility index (Phi) is 6.83. The molecule has 0 atom stereocenters. The Morgan fingerprint density at radius 1 is 1.11 bits per heavy atom. The molecule has 3 nitrogen and oxygen atoms in total. The summed E-state index contributed by atoms with van der Waals surface area (Å²) in [7, 11) is 0. The van der Waals surface area contributed by atoms with Gasteiger partial charge in [-0.05, 0) is 78.3 Å². The van der Waals surface area contributed by atoms with Crippen LogP contribution in [0, 0.1) is 10.5 Å². The Balaban J connectivity index is 2.39. The number of benzene rings is 2. The second kappa shape index (κ2) is 9.14. The Hall–Kier alpha value is -1.79. The van der Waals surface area contributed by atoms with Crippen LogP contribution in [0.3, 0.4) is 0 Å². The highest BCUT2D eigenvalue weighted by molar-refractivity contribution is 14.1. The summed E-state index contributed by atoms with van der Waals surface area (Å²) in [5.41, 5.74) is 5.57. The fourth-order valence-electron chi connectivity index (χ4n) is 3.53. The van der Waals surface area contributed by atoms with Gasteiger partial charge in [0.1, 0.15) is 0 Å². The van der Waals surface area contributed by atoms with E-state index >= 15 is 0 Å². The van der Waals surface area contributed by atoms with E-state index in [4.69, 9.17) is 16.3 Å². The van der Waals surface area contributed by atoms with Crippen LogP contribution < -0.4 is 0 Å². The third-order valence-electron chi connectivity index (χ3n) is 4.68. The summed E-state index contributed by atoms with van der Waals surface area (Å²) in [6, 6.07) is 16.0. The molecule has 3 aromatic rings. The molecule has 0 aliphatic rings. The number of nitrogens with zero attached hydrogens (tertiary/aromatic N) is 1. The average Bonchev–Trinajstić information content (AvgIpc) is 2.96. The van der Waals surface area contributed by atoms with Crippen molar-refractivity contribution in [2.24, 2.45) is 0 Å². The van der Waals surface area contributed by atoms with E-state index in [9.17, 15) is 4.79 Å². The minimum Gasteiger partial charge on any atom is -0.462 e. The Bertz CT molecular complexity index is 993. The highest BCUT2D eigenvalue weighted by Crippen LogP contribution is 2.40. The number of carbonyl (C=O) groups is 1. The van der Waals surface area contributed by atoms with Crippen LogP contribution in [-0.4, -0.2) is 17.1 Å². The van der Waals surface area contributed by atoms with Crippen molar-refractivity contribution in [3.05, 3.63) is 68.4 Å². The van der Waals surface area contributed by atoms with Gasteiger partial charge in [0.25, 0.3) is 0 Å². The molecule has 28 heavy (non-hydrogen) atoms. The molecule has 3 rings (SSSR count). The maximum atomic E-state index is 12.9. The normalized spacial score (nSPS) is 10.9. The highest BCUT2D eigenvalue weighted by atomic mass is 127. The molecule has 0 fully saturated rings. The smallest absolute Gasteiger partial charge is 0.340 e. The lowest BCUT2D eigenvalue weighted by atomic mass is 9.97. The summed E-state index contributed by atoms with van der Waals surface area (Å²) < 4.78 is 8.77. The minimum absolute atomic E-state index is 0.279. The maximum Gasteiger partial charge on any atom is 0.340 e. The summed E-state index contributed by atoms with van der Waals surface area (Å²) in [6.45, 7) is 7.14. The molecule has 0 unspecified atom stereocenters. The van der Waals surface area contributed by atoms with Crippen molar-refractivity contribution in [3.63, 3.8) is 0 Å². The second-order valence-corrected chi connectivity index (χ2v) is 8.26. The maximum absolute atomic E-state index is 12.9. The number of halogens is 2. The van der Waals surface area contributed by atoms with E-state index in [0.717, 1.165) is 44.6 Å². The van der Waals surface area contributed by atoms with Gasteiger partial charge in [-0.15, -0.1) is 0 Å². The quantitative estimate of drug-likeness (QED) is 0.266. The van der Waals surface area contributed by atoms with Crippen molar-refractivity contribution < 1.29 is 9.53 Å². The average molecular weight is 508 g/mol. The predicted molar refractivity (Wildman–Crippen MR) is 124 cm³/mol.